The van der Waals surface area contributed by atoms with E-state index in [2.05, 4.69) is 193 Å². The van der Waals surface area contributed by atoms with Gasteiger partial charge in [-0.2, -0.15) is 0 Å². The van der Waals surface area contributed by atoms with Crippen LogP contribution in [0.5, 0.6) is 0 Å². The number of hydrogen-bond acceptors (Lipinski definition) is 3. The van der Waals surface area contributed by atoms with Crippen molar-refractivity contribution in [1.29, 1.82) is 0 Å². The molecule has 3 heteroatoms. The minimum absolute atomic E-state index is 0.0699. The van der Waals surface area contributed by atoms with Crippen molar-refractivity contribution >= 4 is 55.0 Å². The molecule has 9 aromatic carbocycles. The Hall–Kier alpha value is -7.49. The zero-order valence-corrected chi connectivity index (χ0v) is 31.1. The summed E-state index contributed by atoms with van der Waals surface area (Å²) in [5, 5.41) is 11.1. The van der Waals surface area contributed by atoms with Gasteiger partial charge >= 0.3 is 0 Å². The molecular formula is C54H36N2O. The van der Waals surface area contributed by atoms with E-state index in [9.17, 15) is 0 Å². The number of benzene rings is 9. The first-order valence-corrected chi connectivity index (χ1v) is 19.5. The number of para-hydroxylation sites is 1. The van der Waals surface area contributed by atoms with Crippen LogP contribution in [0.2, 0.25) is 0 Å². The number of aliphatic imine (C=N–C) groups is 1. The van der Waals surface area contributed by atoms with Crippen molar-refractivity contribution in [3.05, 3.63) is 223 Å². The lowest BCUT2D eigenvalue weighted by Gasteiger charge is -2.25. The van der Waals surface area contributed by atoms with Gasteiger partial charge in [0.15, 0.2) is 0 Å². The topological polar surface area (TPSA) is 37.5 Å². The highest BCUT2D eigenvalue weighted by atomic mass is 16.3. The first kappa shape index (κ1) is 32.9. The van der Waals surface area contributed by atoms with Crippen molar-refractivity contribution in [3.63, 3.8) is 0 Å². The van der Waals surface area contributed by atoms with Crippen molar-refractivity contribution in [2.75, 3.05) is 0 Å². The standard InChI is InChI=1S/C54H36N2O/c1-2-12-38(13-3-1)49-34-50(56-54(55-49)42-16-10-15-40(32-42)48-33-41-14-4-5-17-43(41)45-18-6-7-19-46(45)48)39-30-26-36(27-31-39)35-24-28-37(29-25-35)44-21-11-23-52-53(44)47-20-8-9-22-51(47)57-52/h1-34,50H,(H,55,56). The molecule has 0 aliphatic carbocycles. The van der Waals surface area contributed by atoms with Crippen molar-refractivity contribution in [2.45, 2.75) is 6.04 Å². The maximum atomic E-state index is 6.17. The van der Waals surface area contributed by atoms with Crippen LogP contribution in [-0.4, -0.2) is 5.84 Å². The van der Waals surface area contributed by atoms with Crippen LogP contribution in [-0.2, 0) is 0 Å². The van der Waals surface area contributed by atoms with Crippen LogP contribution < -0.4 is 5.32 Å². The third-order valence-corrected chi connectivity index (χ3v) is 11.3. The molecule has 1 aromatic heterocycles. The predicted octanol–water partition coefficient (Wildman–Crippen LogP) is 14.0. The van der Waals surface area contributed by atoms with Crippen LogP contribution >= 0.6 is 0 Å². The maximum Gasteiger partial charge on any atom is 0.136 e. The highest BCUT2D eigenvalue weighted by Crippen LogP contribution is 2.39. The highest BCUT2D eigenvalue weighted by molar-refractivity contribution is 6.15. The lowest BCUT2D eigenvalue weighted by molar-refractivity contribution is 0.669. The van der Waals surface area contributed by atoms with Crippen LogP contribution in [0.25, 0.3) is 82.6 Å². The van der Waals surface area contributed by atoms with Crippen molar-refractivity contribution in [2.24, 2.45) is 4.99 Å². The Balaban J connectivity index is 0.918. The molecule has 57 heavy (non-hydrogen) atoms. The van der Waals surface area contributed by atoms with E-state index in [0.29, 0.717) is 0 Å². The number of fused-ring (bicyclic) bond motifs is 6. The van der Waals surface area contributed by atoms with Gasteiger partial charge in [-0.05, 0) is 96.4 Å². The van der Waals surface area contributed by atoms with E-state index < -0.39 is 0 Å². The maximum absolute atomic E-state index is 6.17. The summed E-state index contributed by atoms with van der Waals surface area (Å²) in [4.78, 5) is 5.24. The van der Waals surface area contributed by atoms with E-state index in [0.717, 1.165) is 50.2 Å². The van der Waals surface area contributed by atoms with Gasteiger partial charge < -0.3 is 9.73 Å². The quantitative estimate of drug-likeness (QED) is 0.173. The average Bonchev–Trinajstić information content (AvgIpc) is 3.68. The Kier molecular flexibility index (Phi) is 7.89. The molecule has 0 saturated heterocycles. The second-order valence-electron chi connectivity index (χ2n) is 14.7. The average molecular weight is 729 g/mol. The summed E-state index contributed by atoms with van der Waals surface area (Å²) in [5.41, 5.74) is 13.2. The Labute approximate surface area is 330 Å². The molecule has 0 saturated carbocycles. The summed E-state index contributed by atoms with van der Waals surface area (Å²) in [6.45, 7) is 0. The monoisotopic (exact) mass is 728 g/mol. The van der Waals surface area contributed by atoms with Crippen molar-refractivity contribution in [3.8, 4) is 33.4 Å². The number of amidine groups is 1. The lowest BCUT2D eigenvalue weighted by Crippen LogP contribution is -2.31. The van der Waals surface area contributed by atoms with Gasteiger partial charge in [0.25, 0.3) is 0 Å². The number of nitrogens with one attached hydrogen (secondary N) is 1. The molecular weight excluding hydrogens is 693 g/mol. The minimum Gasteiger partial charge on any atom is -0.456 e. The molecule has 2 heterocycles. The fourth-order valence-electron chi connectivity index (χ4n) is 8.50. The summed E-state index contributed by atoms with van der Waals surface area (Å²) in [7, 11) is 0. The minimum atomic E-state index is -0.0699. The largest absolute Gasteiger partial charge is 0.456 e. The Morgan fingerprint density at radius 2 is 1.02 bits per heavy atom. The van der Waals surface area contributed by atoms with E-state index in [-0.39, 0.29) is 6.04 Å². The van der Waals surface area contributed by atoms with E-state index in [1.165, 1.54) is 54.9 Å². The zero-order valence-electron chi connectivity index (χ0n) is 31.1. The van der Waals surface area contributed by atoms with Crippen LogP contribution in [0.3, 0.4) is 0 Å². The highest BCUT2D eigenvalue weighted by Gasteiger charge is 2.21. The summed E-state index contributed by atoms with van der Waals surface area (Å²) >= 11 is 0. The van der Waals surface area contributed by atoms with E-state index in [1.807, 2.05) is 18.2 Å². The van der Waals surface area contributed by atoms with E-state index in [1.54, 1.807) is 0 Å². The fourth-order valence-corrected chi connectivity index (χ4v) is 8.50. The SMILES string of the molecule is C1=C(c2ccccc2)N=C(c2cccc(-c3cc4ccccc4c4ccccc34)c2)NC1c1ccc(-c2ccc(-c3cccc4oc5ccccc5c34)cc2)cc1. The molecule has 1 unspecified atom stereocenters. The van der Waals surface area contributed by atoms with E-state index >= 15 is 0 Å². The molecule has 1 aliphatic rings. The molecule has 11 rings (SSSR count). The molecule has 0 bridgehead atoms. The van der Waals surface area contributed by atoms with Crippen LogP contribution in [0, 0.1) is 0 Å². The summed E-state index contributed by atoms with van der Waals surface area (Å²) in [5.74, 6) is 0.855. The number of rotatable bonds is 6. The molecule has 0 amide bonds. The Morgan fingerprint density at radius 3 is 1.84 bits per heavy atom. The molecule has 0 spiro atoms. The fraction of sp³-hybridized carbons (Fsp3) is 0.0185. The molecule has 0 radical (unpaired) electrons. The molecule has 268 valence electrons. The number of nitrogens with zero attached hydrogens (tertiary/aromatic N) is 1. The van der Waals surface area contributed by atoms with Gasteiger partial charge in [0.05, 0.1) is 11.7 Å². The predicted molar refractivity (Wildman–Crippen MR) is 238 cm³/mol. The molecule has 3 nitrogen and oxygen atoms in total. The number of hydrogen-bond donors (Lipinski definition) is 1. The summed E-state index contributed by atoms with van der Waals surface area (Å²) < 4.78 is 6.17. The zero-order chi connectivity index (χ0) is 37.7. The normalized spacial score (nSPS) is 14.1. The van der Waals surface area contributed by atoms with Gasteiger partial charge in [-0.3, -0.25) is 0 Å². The lowest BCUT2D eigenvalue weighted by atomic mass is 9.92. The first-order chi connectivity index (χ1) is 28.2. The van der Waals surface area contributed by atoms with Gasteiger partial charge in [-0.15, -0.1) is 0 Å². The second kappa shape index (κ2) is 13.7. The van der Waals surface area contributed by atoms with Crippen molar-refractivity contribution in [1.82, 2.24) is 5.32 Å². The van der Waals surface area contributed by atoms with Gasteiger partial charge in [0.1, 0.15) is 17.0 Å². The van der Waals surface area contributed by atoms with Gasteiger partial charge in [-0.1, -0.05) is 176 Å². The molecule has 1 aliphatic heterocycles. The van der Waals surface area contributed by atoms with E-state index in [4.69, 9.17) is 9.41 Å². The molecule has 1 N–H and O–H groups in total. The number of furan rings is 1. The van der Waals surface area contributed by atoms with Crippen LogP contribution in [0.15, 0.2) is 216 Å². The van der Waals surface area contributed by atoms with Crippen LogP contribution in [0.1, 0.15) is 22.7 Å². The van der Waals surface area contributed by atoms with Gasteiger partial charge in [0, 0.05) is 16.3 Å². The third kappa shape index (κ3) is 5.89. The summed E-state index contributed by atoms with van der Waals surface area (Å²) in [6.07, 6.45) is 2.24. The molecule has 1 atom stereocenters. The smallest absolute Gasteiger partial charge is 0.136 e. The van der Waals surface area contributed by atoms with Gasteiger partial charge in [0.2, 0.25) is 0 Å². The van der Waals surface area contributed by atoms with Gasteiger partial charge in [-0.25, -0.2) is 4.99 Å². The Bertz CT molecular complexity index is 3190. The third-order valence-electron chi connectivity index (χ3n) is 11.3. The summed E-state index contributed by atoms with van der Waals surface area (Å²) in [6, 6.07) is 71.2. The van der Waals surface area contributed by atoms with Crippen molar-refractivity contribution < 1.29 is 4.42 Å². The second-order valence-corrected chi connectivity index (χ2v) is 14.7. The Morgan fingerprint density at radius 1 is 0.404 bits per heavy atom. The van der Waals surface area contributed by atoms with Crippen LogP contribution in [0.4, 0.5) is 0 Å². The molecule has 0 fully saturated rings. The first-order valence-electron chi connectivity index (χ1n) is 19.5. The molecule has 10 aromatic rings.